The van der Waals surface area contributed by atoms with E-state index in [0.29, 0.717) is 12.4 Å². The number of hydrazone groups is 1. The number of rotatable bonds is 4. The predicted octanol–water partition coefficient (Wildman–Crippen LogP) is 2.04. The smallest absolute Gasteiger partial charge is 0.184 e. The van der Waals surface area contributed by atoms with Crippen LogP contribution in [-0.4, -0.2) is 17.9 Å². The van der Waals surface area contributed by atoms with Crippen molar-refractivity contribution in [2.75, 3.05) is 6.61 Å². The molecule has 0 saturated heterocycles. The second kappa shape index (κ2) is 6.36. The summed E-state index contributed by atoms with van der Waals surface area (Å²) < 4.78 is 18.9. The van der Waals surface area contributed by atoms with Crippen molar-refractivity contribution in [3.63, 3.8) is 0 Å². The minimum Gasteiger partial charge on any atom is -0.492 e. The van der Waals surface area contributed by atoms with Gasteiger partial charge in [-0.15, -0.1) is 0 Å². The first-order valence-electron chi connectivity index (χ1n) is 4.75. The van der Waals surface area contributed by atoms with E-state index in [-0.39, 0.29) is 15.7 Å². The standard InChI is InChI=1S/C10H11ClFN3OS/c1-2-16-7-4-3-6(9(12)8(7)11)5-14-15-10(13)17/h3-5H,2H2,1H3,(H3,13,15,17). The number of hydrogen-bond donors (Lipinski definition) is 2. The number of nitrogens with two attached hydrogens (primary N) is 1. The topological polar surface area (TPSA) is 59.6 Å². The van der Waals surface area contributed by atoms with E-state index in [1.54, 1.807) is 13.0 Å². The Balaban J connectivity index is 2.92. The van der Waals surface area contributed by atoms with Crippen molar-refractivity contribution < 1.29 is 9.13 Å². The minimum atomic E-state index is -0.605. The first kappa shape index (κ1) is 13.7. The summed E-state index contributed by atoms with van der Waals surface area (Å²) in [6.45, 7) is 2.20. The molecule has 3 N–H and O–H groups in total. The van der Waals surface area contributed by atoms with Crippen molar-refractivity contribution in [2.45, 2.75) is 6.92 Å². The predicted molar refractivity (Wildman–Crippen MR) is 70.1 cm³/mol. The summed E-state index contributed by atoms with van der Waals surface area (Å²) in [5.41, 5.74) is 7.68. The van der Waals surface area contributed by atoms with Gasteiger partial charge in [0.15, 0.2) is 10.9 Å². The lowest BCUT2D eigenvalue weighted by molar-refractivity contribution is 0.338. The van der Waals surface area contributed by atoms with Gasteiger partial charge in [-0.05, 0) is 31.3 Å². The molecule has 0 aliphatic rings. The molecule has 92 valence electrons. The Hall–Kier alpha value is -1.40. The summed E-state index contributed by atoms with van der Waals surface area (Å²) in [7, 11) is 0. The molecule has 0 aliphatic carbocycles. The molecule has 0 aliphatic heterocycles. The van der Waals surface area contributed by atoms with E-state index in [4.69, 9.17) is 22.1 Å². The lowest BCUT2D eigenvalue weighted by Crippen LogP contribution is -2.24. The minimum absolute atomic E-state index is 0.00121. The SMILES string of the molecule is CCOc1ccc(C=NNC(N)=S)c(F)c1Cl. The molecule has 1 aromatic rings. The highest BCUT2D eigenvalue weighted by Gasteiger charge is 2.11. The van der Waals surface area contributed by atoms with Crippen LogP contribution in [0.5, 0.6) is 5.75 Å². The van der Waals surface area contributed by atoms with Crippen LogP contribution in [-0.2, 0) is 0 Å². The van der Waals surface area contributed by atoms with Crippen LogP contribution in [0.4, 0.5) is 4.39 Å². The van der Waals surface area contributed by atoms with Gasteiger partial charge in [0.2, 0.25) is 0 Å². The van der Waals surface area contributed by atoms with Gasteiger partial charge in [-0.2, -0.15) is 5.10 Å². The Morgan fingerprint density at radius 1 is 1.71 bits per heavy atom. The zero-order valence-electron chi connectivity index (χ0n) is 9.04. The number of thiocarbonyl (C=S) groups is 1. The van der Waals surface area contributed by atoms with E-state index in [2.05, 4.69) is 22.7 Å². The fraction of sp³-hybridized carbons (Fsp3) is 0.200. The van der Waals surface area contributed by atoms with Gasteiger partial charge in [0.1, 0.15) is 10.8 Å². The van der Waals surface area contributed by atoms with Gasteiger partial charge in [0, 0.05) is 5.56 Å². The third-order valence-corrected chi connectivity index (χ3v) is 2.20. The Bertz CT molecular complexity index is 453. The molecule has 0 atom stereocenters. The second-order valence-electron chi connectivity index (χ2n) is 2.95. The Kier molecular flexibility index (Phi) is 5.11. The van der Waals surface area contributed by atoms with Crippen molar-refractivity contribution in [3.8, 4) is 5.75 Å². The van der Waals surface area contributed by atoms with Crippen LogP contribution in [0.1, 0.15) is 12.5 Å². The Morgan fingerprint density at radius 3 is 3.00 bits per heavy atom. The maximum absolute atomic E-state index is 13.7. The molecule has 0 fully saturated rings. The van der Waals surface area contributed by atoms with Gasteiger partial charge in [0.25, 0.3) is 0 Å². The molecule has 0 unspecified atom stereocenters. The van der Waals surface area contributed by atoms with Gasteiger partial charge in [-0.1, -0.05) is 11.6 Å². The molecule has 4 nitrogen and oxygen atoms in total. The molecule has 17 heavy (non-hydrogen) atoms. The Labute approximate surface area is 109 Å². The summed E-state index contributed by atoms with van der Waals surface area (Å²) in [6.07, 6.45) is 1.23. The van der Waals surface area contributed by atoms with Crippen LogP contribution in [0.25, 0.3) is 0 Å². The molecular weight excluding hydrogens is 265 g/mol. The maximum atomic E-state index is 13.7. The zero-order valence-corrected chi connectivity index (χ0v) is 10.6. The fourth-order valence-corrected chi connectivity index (χ4v) is 1.36. The fourth-order valence-electron chi connectivity index (χ4n) is 1.08. The molecule has 0 heterocycles. The maximum Gasteiger partial charge on any atom is 0.184 e. The largest absolute Gasteiger partial charge is 0.492 e. The normalized spacial score (nSPS) is 10.5. The van der Waals surface area contributed by atoms with Gasteiger partial charge in [0.05, 0.1) is 12.8 Å². The number of hydrogen-bond acceptors (Lipinski definition) is 3. The molecule has 1 aromatic carbocycles. The van der Waals surface area contributed by atoms with Crippen molar-refractivity contribution >= 4 is 35.1 Å². The van der Waals surface area contributed by atoms with Crippen LogP contribution < -0.4 is 15.9 Å². The van der Waals surface area contributed by atoms with Crippen LogP contribution in [0, 0.1) is 5.82 Å². The zero-order chi connectivity index (χ0) is 12.8. The van der Waals surface area contributed by atoms with Crippen molar-refractivity contribution in [1.29, 1.82) is 0 Å². The average Bonchev–Trinajstić information content (AvgIpc) is 2.28. The summed E-state index contributed by atoms with van der Waals surface area (Å²) in [6, 6.07) is 3.06. The summed E-state index contributed by atoms with van der Waals surface area (Å²) >= 11 is 10.3. The first-order valence-corrected chi connectivity index (χ1v) is 5.54. The molecule has 0 radical (unpaired) electrons. The van der Waals surface area contributed by atoms with E-state index in [1.165, 1.54) is 12.3 Å². The third-order valence-electron chi connectivity index (χ3n) is 1.75. The highest BCUT2D eigenvalue weighted by molar-refractivity contribution is 7.80. The van der Waals surface area contributed by atoms with E-state index < -0.39 is 5.82 Å². The highest BCUT2D eigenvalue weighted by atomic mass is 35.5. The number of ether oxygens (including phenoxy) is 1. The van der Waals surface area contributed by atoms with Gasteiger partial charge in [-0.25, -0.2) is 4.39 Å². The molecular formula is C10H11ClFN3OS. The molecule has 0 spiro atoms. The summed E-state index contributed by atoms with van der Waals surface area (Å²) in [5.74, 6) is -0.308. The van der Waals surface area contributed by atoms with E-state index in [1.807, 2.05) is 0 Å². The second-order valence-corrected chi connectivity index (χ2v) is 3.77. The van der Waals surface area contributed by atoms with Crippen LogP contribution >= 0.6 is 23.8 Å². The number of nitrogens with zero attached hydrogens (tertiary/aromatic N) is 1. The van der Waals surface area contributed by atoms with Crippen LogP contribution in [0.15, 0.2) is 17.2 Å². The molecule has 0 saturated carbocycles. The van der Waals surface area contributed by atoms with Crippen LogP contribution in [0.3, 0.4) is 0 Å². The quantitative estimate of drug-likeness (QED) is 0.502. The molecule has 0 amide bonds. The average molecular weight is 276 g/mol. The lowest BCUT2D eigenvalue weighted by atomic mass is 10.2. The molecule has 7 heteroatoms. The number of benzene rings is 1. The molecule has 0 bridgehead atoms. The van der Waals surface area contributed by atoms with Crippen LogP contribution in [0.2, 0.25) is 5.02 Å². The van der Waals surface area contributed by atoms with Crippen molar-refractivity contribution in [2.24, 2.45) is 10.8 Å². The summed E-state index contributed by atoms with van der Waals surface area (Å²) in [5, 5.41) is 3.56. The van der Waals surface area contributed by atoms with Gasteiger partial charge < -0.3 is 10.5 Å². The Morgan fingerprint density at radius 2 is 2.41 bits per heavy atom. The number of halogens is 2. The monoisotopic (exact) mass is 275 g/mol. The number of nitrogens with one attached hydrogen (secondary N) is 1. The first-order chi connectivity index (χ1) is 8.06. The van der Waals surface area contributed by atoms with E-state index in [0.717, 1.165) is 0 Å². The van der Waals surface area contributed by atoms with E-state index >= 15 is 0 Å². The van der Waals surface area contributed by atoms with E-state index in [9.17, 15) is 4.39 Å². The highest BCUT2D eigenvalue weighted by Crippen LogP contribution is 2.28. The van der Waals surface area contributed by atoms with Gasteiger partial charge in [-0.3, -0.25) is 5.43 Å². The third kappa shape index (κ3) is 3.83. The van der Waals surface area contributed by atoms with Crippen molar-refractivity contribution in [1.82, 2.24) is 5.43 Å². The summed E-state index contributed by atoms with van der Waals surface area (Å²) in [4.78, 5) is 0. The van der Waals surface area contributed by atoms with Crippen molar-refractivity contribution in [3.05, 3.63) is 28.5 Å². The molecule has 0 aromatic heterocycles. The van der Waals surface area contributed by atoms with Gasteiger partial charge >= 0.3 is 0 Å². The molecule has 1 rings (SSSR count). The lowest BCUT2D eigenvalue weighted by Gasteiger charge is -2.07.